The Morgan fingerprint density at radius 3 is 2.16 bits per heavy atom. The average Bonchev–Trinajstić information content (AvgIpc) is 2.31. The van der Waals surface area contributed by atoms with E-state index < -0.39 is 24.3 Å². The van der Waals surface area contributed by atoms with Crippen molar-refractivity contribution >= 4 is 11.9 Å². The molecular weight excluding hydrogens is 256 g/mol. The number of ether oxygens (including phenoxy) is 1. The Morgan fingerprint density at radius 1 is 0.947 bits per heavy atom. The quantitative estimate of drug-likeness (QED) is 0.238. The topological polar surface area (TPSA) is 124 Å². The van der Waals surface area contributed by atoms with Crippen LogP contribution >= 0.6 is 0 Å². The van der Waals surface area contributed by atoms with Crippen LogP contribution in [0.5, 0.6) is 0 Å². The number of carboxylic acid groups (broad SMARTS) is 1. The summed E-state index contributed by atoms with van der Waals surface area (Å²) >= 11 is 0. The number of unbranched alkanes of at least 4 members (excludes halogenated alkanes) is 1. The number of rotatable bonds is 11. The molecule has 0 aliphatic carbocycles. The van der Waals surface area contributed by atoms with Crippen LogP contribution in [0.2, 0.25) is 0 Å². The molecular formula is C12H22O7. The Kier molecular flexibility index (Phi) is 10.1. The van der Waals surface area contributed by atoms with Gasteiger partial charge in [0.05, 0.1) is 6.10 Å². The molecule has 0 radical (unpaired) electrons. The Hall–Kier alpha value is -1.18. The minimum absolute atomic E-state index is 0.0272. The van der Waals surface area contributed by atoms with E-state index in [0.29, 0.717) is 25.7 Å². The van der Waals surface area contributed by atoms with Gasteiger partial charge >= 0.3 is 11.9 Å². The highest BCUT2D eigenvalue weighted by molar-refractivity contribution is 5.69. The van der Waals surface area contributed by atoms with Crippen molar-refractivity contribution in [3.8, 4) is 0 Å². The number of aliphatic hydroxyl groups is 3. The van der Waals surface area contributed by atoms with Gasteiger partial charge in [0.25, 0.3) is 0 Å². The van der Waals surface area contributed by atoms with Gasteiger partial charge in [-0.3, -0.25) is 9.59 Å². The Labute approximate surface area is 111 Å². The number of aliphatic carboxylic acids is 1. The maximum absolute atomic E-state index is 11.2. The van der Waals surface area contributed by atoms with Crippen LogP contribution in [0.15, 0.2) is 0 Å². The van der Waals surface area contributed by atoms with Crippen LogP contribution < -0.4 is 0 Å². The third-order valence-electron chi connectivity index (χ3n) is 2.46. The van der Waals surface area contributed by atoms with E-state index in [1.54, 1.807) is 0 Å². The fourth-order valence-electron chi connectivity index (χ4n) is 1.43. The van der Waals surface area contributed by atoms with E-state index in [-0.39, 0.29) is 25.9 Å². The molecule has 112 valence electrons. The monoisotopic (exact) mass is 278 g/mol. The van der Waals surface area contributed by atoms with E-state index in [4.69, 9.17) is 20.1 Å². The van der Waals surface area contributed by atoms with Crippen LogP contribution in [0.1, 0.15) is 44.9 Å². The van der Waals surface area contributed by atoms with Crippen molar-refractivity contribution in [3.63, 3.8) is 0 Å². The lowest BCUT2D eigenvalue weighted by molar-refractivity contribution is -0.147. The molecule has 0 aliphatic heterocycles. The van der Waals surface area contributed by atoms with Gasteiger partial charge in [-0.05, 0) is 32.1 Å². The average molecular weight is 278 g/mol. The van der Waals surface area contributed by atoms with E-state index in [0.717, 1.165) is 0 Å². The smallest absolute Gasteiger partial charge is 0.305 e. The number of aliphatic hydroxyl groups excluding tert-OH is 2. The van der Waals surface area contributed by atoms with Gasteiger partial charge in [-0.2, -0.15) is 0 Å². The van der Waals surface area contributed by atoms with Gasteiger partial charge in [0.1, 0.15) is 6.61 Å². The van der Waals surface area contributed by atoms with Crippen molar-refractivity contribution < 1.29 is 34.8 Å². The predicted molar refractivity (Wildman–Crippen MR) is 65.1 cm³/mol. The second-order valence-electron chi connectivity index (χ2n) is 4.35. The number of carboxylic acids is 1. The predicted octanol–water partition coefficient (Wildman–Crippen LogP) is 0.0165. The van der Waals surface area contributed by atoms with Gasteiger partial charge in [-0.15, -0.1) is 0 Å². The Bertz CT molecular complexity index is 265. The molecule has 0 aromatic rings. The zero-order chi connectivity index (χ0) is 14.7. The first kappa shape index (κ1) is 17.8. The highest BCUT2D eigenvalue weighted by Gasteiger charge is 2.10. The summed E-state index contributed by atoms with van der Waals surface area (Å²) in [6.45, 7) is -0.126. The summed E-state index contributed by atoms with van der Waals surface area (Å²) in [4.78, 5) is 21.4. The summed E-state index contributed by atoms with van der Waals surface area (Å²) < 4.78 is 4.81. The van der Waals surface area contributed by atoms with Crippen LogP contribution in [0, 0.1) is 0 Å². The first-order valence-corrected chi connectivity index (χ1v) is 6.33. The number of carbonyl (C=O) groups excluding carboxylic acids is 1. The van der Waals surface area contributed by atoms with Crippen LogP contribution in [-0.2, 0) is 14.3 Å². The van der Waals surface area contributed by atoms with Crippen LogP contribution in [0.25, 0.3) is 0 Å². The van der Waals surface area contributed by atoms with E-state index in [9.17, 15) is 14.7 Å². The number of hydrogen-bond donors (Lipinski definition) is 4. The number of esters is 1. The standard InChI is InChI=1S/C12H22O7/c13-9(4-3-6-11(16)17)8-19-12(18)7-2-1-5-10(14)15/h9,11,13,16-17H,1-8H2,(H,14,15). The van der Waals surface area contributed by atoms with Crippen molar-refractivity contribution in [2.75, 3.05) is 6.61 Å². The molecule has 0 fully saturated rings. The molecule has 0 heterocycles. The molecule has 0 amide bonds. The van der Waals surface area contributed by atoms with Gasteiger partial charge in [0.2, 0.25) is 0 Å². The van der Waals surface area contributed by atoms with Gasteiger partial charge in [0, 0.05) is 12.8 Å². The van der Waals surface area contributed by atoms with Crippen molar-refractivity contribution in [1.29, 1.82) is 0 Å². The highest BCUT2D eigenvalue weighted by Crippen LogP contribution is 2.05. The summed E-state index contributed by atoms with van der Waals surface area (Å²) in [5.74, 6) is -1.36. The molecule has 4 N–H and O–H groups in total. The zero-order valence-corrected chi connectivity index (χ0v) is 10.8. The molecule has 0 rings (SSSR count). The molecule has 1 unspecified atom stereocenters. The van der Waals surface area contributed by atoms with Crippen LogP contribution in [-0.4, -0.2) is 51.4 Å². The number of carbonyl (C=O) groups is 2. The number of hydrogen-bond acceptors (Lipinski definition) is 6. The summed E-state index contributed by atoms with van der Waals surface area (Å²) in [6.07, 6.45) is -0.265. The van der Waals surface area contributed by atoms with E-state index in [2.05, 4.69) is 0 Å². The van der Waals surface area contributed by atoms with Gasteiger partial charge < -0.3 is 25.2 Å². The largest absolute Gasteiger partial charge is 0.481 e. The first-order valence-electron chi connectivity index (χ1n) is 6.33. The SMILES string of the molecule is O=C(O)CCCCC(=O)OCC(O)CCCC(O)O. The Balaban J connectivity index is 3.47. The molecule has 0 aromatic heterocycles. The first-order chi connectivity index (χ1) is 8.91. The lowest BCUT2D eigenvalue weighted by atomic mass is 10.1. The van der Waals surface area contributed by atoms with Crippen molar-refractivity contribution in [2.24, 2.45) is 0 Å². The van der Waals surface area contributed by atoms with E-state index in [1.807, 2.05) is 0 Å². The molecule has 0 aliphatic rings. The lowest BCUT2D eigenvalue weighted by Crippen LogP contribution is -2.19. The molecule has 0 saturated heterocycles. The summed E-state index contributed by atoms with van der Waals surface area (Å²) in [7, 11) is 0. The molecule has 1 atom stereocenters. The lowest BCUT2D eigenvalue weighted by Gasteiger charge is -2.11. The van der Waals surface area contributed by atoms with Crippen LogP contribution in [0.4, 0.5) is 0 Å². The minimum atomic E-state index is -1.39. The van der Waals surface area contributed by atoms with Crippen molar-refractivity contribution in [2.45, 2.75) is 57.3 Å². The summed E-state index contributed by atoms with van der Waals surface area (Å²) in [5.41, 5.74) is 0. The van der Waals surface area contributed by atoms with E-state index >= 15 is 0 Å². The van der Waals surface area contributed by atoms with Gasteiger partial charge in [-0.1, -0.05) is 0 Å². The maximum atomic E-state index is 11.2. The molecule has 0 aromatic carbocycles. The third kappa shape index (κ3) is 13.1. The maximum Gasteiger partial charge on any atom is 0.305 e. The second kappa shape index (κ2) is 10.7. The Morgan fingerprint density at radius 2 is 1.58 bits per heavy atom. The summed E-state index contributed by atoms with van der Waals surface area (Å²) in [5, 5.41) is 35.0. The van der Waals surface area contributed by atoms with Crippen LogP contribution in [0.3, 0.4) is 0 Å². The third-order valence-corrected chi connectivity index (χ3v) is 2.46. The molecule has 7 heteroatoms. The highest BCUT2D eigenvalue weighted by atomic mass is 16.5. The second-order valence-corrected chi connectivity index (χ2v) is 4.35. The molecule has 0 bridgehead atoms. The molecule has 7 nitrogen and oxygen atoms in total. The van der Waals surface area contributed by atoms with Crippen molar-refractivity contribution in [1.82, 2.24) is 0 Å². The van der Waals surface area contributed by atoms with Crippen molar-refractivity contribution in [3.05, 3.63) is 0 Å². The summed E-state index contributed by atoms with van der Waals surface area (Å²) in [6, 6.07) is 0. The fourth-order valence-corrected chi connectivity index (χ4v) is 1.43. The van der Waals surface area contributed by atoms with E-state index in [1.165, 1.54) is 0 Å². The fraction of sp³-hybridized carbons (Fsp3) is 0.833. The molecule has 19 heavy (non-hydrogen) atoms. The van der Waals surface area contributed by atoms with Gasteiger partial charge in [0.15, 0.2) is 6.29 Å². The zero-order valence-electron chi connectivity index (χ0n) is 10.8. The molecule has 0 spiro atoms. The normalized spacial score (nSPS) is 12.4. The van der Waals surface area contributed by atoms with Gasteiger partial charge in [-0.25, -0.2) is 0 Å². The molecule has 0 saturated carbocycles. The minimum Gasteiger partial charge on any atom is -0.481 e.